The topological polar surface area (TPSA) is 93.2 Å². The summed E-state index contributed by atoms with van der Waals surface area (Å²) >= 11 is 12.3. The summed E-state index contributed by atoms with van der Waals surface area (Å²) in [5, 5.41) is 19.0. The summed E-state index contributed by atoms with van der Waals surface area (Å²) in [7, 11) is 0. The zero-order chi connectivity index (χ0) is 18.6. The van der Waals surface area contributed by atoms with E-state index in [9.17, 15) is 9.90 Å². The number of fused-ring (bicyclic) bond motifs is 1. The molecule has 0 unspecified atom stereocenters. The van der Waals surface area contributed by atoms with Crippen molar-refractivity contribution in [3.8, 4) is 5.69 Å². The van der Waals surface area contributed by atoms with Gasteiger partial charge in [0.05, 0.1) is 27.7 Å². The highest BCUT2D eigenvalue weighted by Gasteiger charge is 2.51. The smallest absolute Gasteiger partial charge is 0.266 e. The molecule has 1 amide bonds. The molecular weight excluding hydrogens is 375 g/mol. The predicted molar refractivity (Wildman–Crippen MR) is 101 cm³/mol. The van der Waals surface area contributed by atoms with Gasteiger partial charge in [0.15, 0.2) is 0 Å². The molecular formula is C18H14Cl2N4O2. The van der Waals surface area contributed by atoms with Crippen LogP contribution < -0.4 is 11.1 Å². The van der Waals surface area contributed by atoms with Crippen molar-refractivity contribution in [3.63, 3.8) is 0 Å². The van der Waals surface area contributed by atoms with E-state index in [0.29, 0.717) is 22.1 Å². The second-order valence-electron chi connectivity index (χ2n) is 6.07. The average Bonchev–Trinajstić information content (AvgIpc) is 3.04. The van der Waals surface area contributed by atoms with E-state index in [0.717, 1.165) is 0 Å². The quantitative estimate of drug-likeness (QED) is 0.627. The number of nitrogens with zero attached hydrogens (tertiary/aromatic N) is 2. The van der Waals surface area contributed by atoms with Gasteiger partial charge in [0.25, 0.3) is 5.91 Å². The minimum Gasteiger partial charge on any atom is -0.383 e. The monoisotopic (exact) mass is 388 g/mol. The molecule has 132 valence electrons. The van der Waals surface area contributed by atoms with Gasteiger partial charge in [0.1, 0.15) is 5.82 Å². The first kappa shape index (κ1) is 16.9. The number of halogens is 2. The maximum Gasteiger partial charge on any atom is 0.266 e. The van der Waals surface area contributed by atoms with E-state index >= 15 is 0 Å². The van der Waals surface area contributed by atoms with Gasteiger partial charge >= 0.3 is 0 Å². The Morgan fingerprint density at radius 1 is 1.23 bits per heavy atom. The number of hydrogen-bond acceptors (Lipinski definition) is 4. The number of nitrogen functional groups attached to an aromatic ring is 1. The number of hydrogen-bond donors (Lipinski definition) is 3. The van der Waals surface area contributed by atoms with E-state index in [1.165, 1.54) is 16.8 Å². The number of aliphatic hydroxyl groups is 1. The van der Waals surface area contributed by atoms with Crippen LogP contribution in [-0.4, -0.2) is 20.8 Å². The molecule has 0 saturated carbocycles. The molecule has 1 aromatic heterocycles. The van der Waals surface area contributed by atoms with Gasteiger partial charge in [-0.15, -0.1) is 0 Å². The lowest BCUT2D eigenvalue weighted by molar-refractivity contribution is -0.129. The summed E-state index contributed by atoms with van der Waals surface area (Å²) in [6.45, 7) is 1.68. The molecule has 4 N–H and O–H groups in total. The van der Waals surface area contributed by atoms with Crippen LogP contribution in [0, 0.1) is 6.92 Å². The molecule has 1 aliphatic rings. The summed E-state index contributed by atoms with van der Waals surface area (Å²) in [4.78, 5) is 12.7. The number of rotatable bonds is 2. The van der Waals surface area contributed by atoms with E-state index in [4.69, 9.17) is 28.9 Å². The first-order valence-corrected chi connectivity index (χ1v) is 8.54. The zero-order valence-electron chi connectivity index (χ0n) is 13.6. The molecule has 0 fully saturated rings. The van der Waals surface area contributed by atoms with Crippen LogP contribution in [-0.2, 0) is 10.4 Å². The van der Waals surface area contributed by atoms with Gasteiger partial charge in [0.2, 0.25) is 5.60 Å². The van der Waals surface area contributed by atoms with Crippen LogP contribution in [0.5, 0.6) is 0 Å². The Morgan fingerprint density at radius 2 is 1.92 bits per heavy atom. The molecule has 1 atom stereocenters. The lowest BCUT2D eigenvalue weighted by Crippen LogP contribution is -2.36. The van der Waals surface area contributed by atoms with Gasteiger partial charge in [-0.2, -0.15) is 5.10 Å². The van der Waals surface area contributed by atoms with Crippen molar-refractivity contribution >= 4 is 40.6 Å². The van der Waals surface area contributed by atoms with Gasteiger partial charge < -0.3 is 16.2 Å². The number of amides is 1. The second-order valence-corrected chi connectivity index (χ2v) is 6.91. The van der Waals surface area contributed by atoms with Crippen LogP contribution in [0.1, 0.15) is 16.8 Å². The van der Waals surface area contributed by atoms with Gasteiger partial charge in [-0.1, -0.05) is 41.4 Å². The van der Waals surface area contributed by atoms with Crippen molar-refractivity contribution in [2.24, 2.45) is 0 Å². The molecule has 0 spiro atoms. The summed E-state index contributed by atoms with van der Waals surface area (Å²) in [5.41, 5.74) is 6.16. The van der Waals surface area contributed by atoms with Crippen LogP contribution in [0.15, 0.2) is 42.5 Å². The Bertz CT molecular complexity index is 1050. The van der Waals surface area contributed by atoms with Crippen molar-refractivity contribution in [3.05, 3.63) is 69.3 Å². The Kier molecular flexibility index (Phi) is 3.73. The van der Waals surface area contributed by atoms with E-state index in [-0.39, 0.29) is 22.0 Å². The summed E-state index contributed by atoms with van der Waals surface area (Å²) in [6.07, 6.45) is 0. The number of aryl methyl sites for hydroxylation is 1. The van der Waals surface area contributed by atoms with Crippen molar-refractivity contribution < 1.29 is 9.90 Å². The summed E-state index contributed by atoms with van der Waals surface area (Å²) in [6, 6.07) is 12.2. The minimum absolute atomic E-state index is 0.162. The molecule has 2 heterocycles. The molecule has 0 aliphatic carbocycles. The molecule has 1 aliphatic heterocycles. The highest BCUT2D eigenvalue weighted by Crippen LogP contribution is 2.48. The molecule has 26 heavy (non-hydrogen) atoms. The fraction of sp³-hybridized carbons (Fsp3) is 0.111. The molecule has 6 nitrogen and oxygen atoms in total. The summed E-state index contributed by atoms with van der Waals surface area (Å²) < 4.78 is 1.49. The first-order valence-electron chi connectivity index (χ1n) is 7.78. The zero-order valence-corrected chi connectivity index (χ0v) is 15.1. The van der Waals surface area contributed by atoms with Gasteiger partial charge in [0, 0.05) is 10.6 Å². The third kappa shape index (κ3) is 2.23. The van der Waals surface area contributed by atoms with Crippen LogP contribution >= 0.6 is 23.2 Å². The maximum absolute atomic E-state index is 12.7. The third-order valence-electron chi connectivity index (χ3n) is 4.47. The Hall–Kier alpha value is -2.54. The van der Waals surface area contributed by atoms with Gasteiger partial charge in [-0.3, -0.25) is 4.79 Å². The Morgan fingerprint density at radius 3 is 2.62 bits per heavy atom. The number of anilines is 2. The number of nitrogens with one attached hydrogen (secondary N) is 1. The Balaban J connectivity index is 1.98. The maximum atomic E-state index is 12.7. The van der Waals surface area contributed by atoms with Crippen LogP contribution in [0.3, 0.4) is 0 Å². The van der Waals surface area contributed by atoms with Crippen LogP contribution in [0.2, 0.25) is 10.0 Å². The molecule has 4 rings (SSSR count). The van der Waals surface area contributed by atoms with Gasteiger partial charge in [-0.05, 0) is 31.2 Å². The van der Waals surface area contributed by atoms with Gasteiger partial charge in [-0.25, -0.2) is 4.68 Å². The largest absolute Gasteiger partial charge is 0.383 e. The number of nitrogens with two attached hydrogens (primary N) is 1. The SMILES string of the molecule is Cc1nn(-c2ccccc2)c(N)c1[C@@]1(O)C(=O)Nc2c(Cl)cc(Cl)cc21. The van der Waals surface area contributed by atoms with Crippen molar-refractivity contribution in [1.82, 2.24) is 9.78 Å². The molecule has 2 aromatic carbocycles. The van der Waals surface area contributed by atoms with Crippen LogP contribution in [0.4, 0.5) is 11.5 Å². The fourth-order valence-corrected chi connectivity index (χ4v) is 3.86. The summed E-state index contributed by atoms with van der Waals surface area (Å²) in [5.74, 6) is -0.491. The number of aromatic nitrogens is 2. The van der Waals surface area contributed by atoms with E-state index in [1.54, 1.807) is 6.92 Å². The average molecular weight is 389 g/mol. The molecule has 0 saturated heterocycles. The van der Waals surface area contributed by atoms with E-state index < -0.39 is 11.5 Å². The lowest BCUT2D eigenvalue weighted by atomic mass is 9.87. The molecule has 8 heteroatoms. The highest BCUT2D eigenvalue weighted by atomic mass is 35.5. The number of carbonyl (C=O) groups is 1. The van der Waals surface area contributed by atoms with E-state index in [1.807, 2.05) is 30.3 Å². The normalized spacial score (nSPS) is 18.7. The second kappa shape index (κ2) is 5.74. The number of benzene rings is 2. The molecule has 3 aromatic rings. The fourth-order valence-electron chi connectivity index (χ4n) is 3.32. The first-order chi connectivity index (χ1) is 12.3. The third-order valence-corrected chi connectivity index (χ3v) is 4.99. The molecule has 0 bridgehead atoms. The molecule has 0 radical (unpaired) electrons. The number of para-hydroxylation sites is 1. The van der Waals surface area contributed by atoms with Crippen LogP contribution in [0.25, 0.3) is 5.69 Å². The number of carbonyl (C=O) groups excluding carboxylic acids is 1. The van der Waals surface area contributed by atoms with Crippen molar-refractivity contribution in [1.29, 1.82) is 0 Å². The van der Waals surface area contributed by atoms with Crippen molar-refractivity contribution in [2.45, 2.75) is 12.5 Å². The lowest BCUT2D eigenvalue weighted by Gasteiger charge is -2.21. The van der Waals surface area contributed by atoms with E-state index in [2.05, 4.69) is 10.4 Å². The predicted octanol–water partition coefficient (Wildman–Crippen LogP) is 3.26. The minimum atomic E-state index is -2.04. The standard InChI is InChI=1S/C18H14Cl2N4O2/c1-9-14(16(21)24(23-9)11-5-3-2-4-6-11)18(26)12-7-10(19)8-13(20)15(12)22-17(18)25/h2-8,26H,21H2,1H3,(H,22,25)/t18-/m1/s1. The highest BCUT2D eigenvalue weighted by molar-refractivity contribution is 6.38. The van der Waals surface area contributed by atoms with Crippen molar-refractivity contribution in [2.75, 3.05) is 11.1 Å². The Labute approximate surface area is 159 Å².